The van der Waals surface area contributed by atoms with E-state index in [1.165, 1.54) is 11.3 Å². The fraction of sp³-hybridized carbons (Fsp3) is 0.375. The summed E-state index contributed by atoms with van der Waals surface area (Å²) in [7, 11) is 0. The fourth-order valence-corrected chi connectivity index (χ4v) is 4.09. The summed E-state index contributed by atoms with van der Waals surface area (Å²) >= 11 is 6.00. The molecule has 2 aliphatic rings. The average molecular weight is 517 g/mol. The number of nitrogens with one attached hydrogen (secondary N) is 1. The van der Waals surface area contributed by atoms with Gasteiger partial charge in [0.15, 0.2) is 0 Å². The van der Waals surface area contributed by atoms with E-state index >= 15 is 0 Å². The smallest absolute Gasteiger partial charge is 0.345 e. The first-order valence-electron chi connectivity index (χ1n) is 11.6. The molecule has 12 heteroatoms. The molecule has 1 aliphatic carbocycles. The van der Waals surface area contributed by atoms with Crippen molar-refractivity contribution in [3.8, 4) is 5.75 Å². The highest BCUT2D eigenvalue weighted by Crippen LogP contribution is 2.30. The van der Waals surface area contributed by atoms with Gasteiger partial charge in [0.1, 0.15) is 5.75 Å². The van der Waals surface area contributed by atoms with E-state index in [-0.39, 0.29) is 25.6 Å². The number of urea groups is 2. The second-order valence-electron chi connectivity index (χ2n) is 8.79. The van der Waals surface area contributed by atoms with Gasteiger partial charge < -0.3 is 14.9 Å². The number of carbonyl (C=O) groups excluding carboxylic acids is 3. The van der Waals surface area contributed by atoms with Gasteiger partial charge in [-0.25, -0.2) is 25.3 Å². The second kappa shape index (κ2) is 11.0. The molecule has 1 heterocycles. The maximum absolute atomic E-state index is 13.4. The third-order valence-electron chi connectivity index (χ3n) is 6.24. The summed E-state index contributed by atoms with van der Waals surface area (Å²) < 4.78 is 6.01. The maximum Gasteiger partial charge on any atom is 0.345 e. The van der Waals surface area contributed by atoms with Gasteiger partial charge in [-0.2, -0.15) is 5.90 Å². The molecule has 1 atom stereocenters. The fourth-order valence-electron chi connectivity index (χ4n) is 3.97. The van der Waals surface area contributed by atoms with Crippen molar-refractivity contribution in [2.45, 2.75) is 51.5 Å². The Hall–Kier alpha value is -3.54. The van der Waals surface area contributed by atoms with Gasteiger partial charge in [-0.05, 0) is 67.6 Å². The van der Waals surface area contributed by atoms with Crippen LogP contribution in [0.25, 0.3) is 0 Å². The van der Waals surface area contributed by atoms with E-state index in [1.807, 2.05) is 25.1 Å². The minimum absolute atomic E-state index is 0.119. The molecule has 0 spiro atoms. The van der Waals surface area contributed by atoms with Crippen molar-refractivity contribution in [3.63, 3.8) is 0 Å². The number of imide groups is 1. The van der Waals surface area contributed by atoms with Crippen LogP contribution in [0.4, 0.5) is 15.3 Å². The van der Waals surface area contributed by atoms with Gasteiger partial charge in [0.25, 0.3) is 0 Å². The van der Waals surface area contributed by atoms with E-state index < -0.39 is 24.3 Å². The van der Waals surface area contributed by atoms with Crippen molar-refractivity contribution in [1.82, 2.24) is 14.8 Å². The number of hydrazine groups is 1. The molecular formula is C24H29ClN6O5. The summed E-state index contributed by atoms with van der Waals surface area (Å²) in [4.78, 5) is 44.3. The molecule has 2 aromatic rings. The normalized spacial score (nSPS) is 18.2. The largest absolute Gasteiger partial charge is 0.490 e. The number of nitrogens with two attached hydrogens (primary N) is 2. The third kappa shape index (κ3) is 5.64. The van der Waals surface area contributed by atoms with E-state index in [0.717, 1.165) is 39.6 Å². The molecular weight excluding hydrogens is 488 g/mol. The minimum Gasteiger partial charge on any atom is -0.490 e. The van der Waals surface area contributed by atoms with Crippen molar-refractivity contribution >= 4 is 35.3 Å². The van der Waals surface area contributed by atoms with Gasteiger partial charge in [-0.1, -0.05) is 23.7 Å². The van der Waals surface area contributed by atoms with Gasteiger partial charge in [-0.15, -0.1) is 0 Å². The lowest BCUT2D eigenvalue weighted by Crippen LogP contribution is -2.70. The number of rotatable bonds is 9. The van der Waals surface area contributed by atoms with Crippen molar-refractivity contribution in [3.05, 3.63) is 58.6 Å². The zero-order valence-corrected chi connectivity index (χ0v) is 20.6. The molecule has 1 unspecified atom stereocenters. The standard InChI is InChI=1S/C24H29ClN6O5/c1-15-13-18(9-10-20(15)35-19-3-2-4-19)28-22-30(14-16-5-7-17(25)8-6-16)23(33)29(24(34)31(22)26)12-11-21(32)36-27/h5-10,13,19,22,28H,2-4,11-12,14,26-27H2,1H3. The molecule has 0 radical (unpaired) electrons. The molecule has 192 valence electrons. The van der Waals surface area contributed by atoms with Gasteiger partial charge in [-0.3, -0.25) is 9.69 Å². The maximum atomic E-state index is 13.4. The molecule has 2 fully saturated rings. The van der Waals surface area contributed by atoms with Crippen LogP contribution >= 0.6 is 11.6 Å². The number of hydrogen-bond acceptors (Lipinski definition) is 8. The molecule has 4 rings (SSSR count). The molecule has 1 saturated heterocycles. The van der Waals surface area contributed by atoms with Gasteiger partial charge in [0.05, 0.1) is 19.1 Å². The number of hydrogen-bond donors (Lipinski definition) is 3. The van der Waals surface area contributed by atoms with Crippen LogP contribution in [0.2, 0.25) is 5.02 Å². The Morgan fingerprint density at radius 1 is 1.14 bits per heavy atom. The average Bonchev–Trinajstić information content (AvgIpc) is 2.84. The monoisotopic (exact) mass is 516 g/mol. The highest BCUT2D eigenvalue weighted by molar-refractivity contribution is 6.30. The molecule has 36 heavy (non-hydrogen) atoms. The van der Waals surface area contributed by atoms with Crippen LogP contribution in [-0.4, -0.2) is 51.8 Å². The first-order chi connectivity index (χ1) is 17.3. The van der Waals surface area contributed by atoms with Crippen LogP contribution in [0.15, 0.2) is 42.5 Å². The van der Waals surface area contributed by atoms with E-state index in [0.29, 0.717) is 10.7 Å². The third-order valence-corrected chi connectivity index (χ3v) is 6.49. The van der Waals surface area contributed by atoms with Crippen molar-refractivity contribution < 1.29 is 24.0 Å². The SMILES string of the molecule is Cc1cc(NC2N(N)C(=O)N(CCC(=O)ON)C(=O)N2Cc2ccc(Cl)cc2)ccc1OC1CCC1. The number of anilines is 1. The number of benzene rings is 2. The summed E-state index contributed by atoms with van der Waals surface area (Å²) in [5, 5.41) is 4.65. The molecule has 1 saturated carbocycles. The number of ether oxygens (including phenoxy) is 1. The van der Waals surface area contributed by atoms with E-state index in [1.54, 1.807) is 24.3 Å². The van der Waals surface area contributed by atoms with Crippen LogP contribution in [0.5, 0.6) is 5.75 Å². The summed E-state index contributed by atoms with van der Waals surface area (Å²) in [6.07, 6.45) is 2.24. The number of aryl methyl sites for hydroxylation is 1. The van der Waals surface area contributed by atoms with Crippen molar-refractivity contribution in [2.24, 2.45) is 11.7 Å². The zero-order chi connectivity index (χ0) is 25.8. The molecule has 1 aliphatic heterocycles. The molecule has 11 nitrogen and oxygen atoms in total. The minimum atomic E-state index is -1.00. The molecule has 5 N–H and O–H groups in total. The number of nitrogens with zero attached hydrogens (tertiary/aromatic N) is 3. The van der Waals surface area contributed by atoms with E-state index in [9.17, 15) is 14.4 Å². The highest BCUT2D eigenvalue weighted by Gasteiger charge is 2.43. The molecule has 2 aromatic carbocycles. The lowest BCUT2D eigenvalue weighted by Gasteiger charge is -2.45. The Kier molecular flexibility index (Phi) is 7.82. The predicted molar refractivity (Wildman–Crippen MR) is 132 cm³/mol. The Labute approximate surface area is 213 Å². The van der Waals surface area contributed by atoms with E-state index in [2.05, 4.69) is 10.2 Å². The van der Waals surface area contributed by atoms with Crippen LogP contribution in [0.3, 0.4) is 0 Å². The van der Waals surface area contributed by atoms with Crippen LogP contribution < -0.4 is 21.8 Å². The van der Waals surface area contributed by atoms with E-state index in [4.69, 9.17) is 28.1 Å². The topological polar surface area (TPSA) is 143 Å². The second-order valence-corrected chi connectivity index (χ2v) is 9.22. The summed E-state index contributed by atoms with van der Waals surface area (Å²) in [5.74, 6) is 11.1. The Balaban J connectivity index is 1.57. The number of carbonyl (C=O) groups is 3. The summed E-state index contributed by atoms with van der Waals surface area (Å²) in [5.41, 5.74) is 2.33. The lowest BCUT2D eigenvalue weighted by molar-refractivity contribution is -0.144. The van der Waals surface area contributed by atoms with Gasteiger partial charge in [0.2, 0.25) is 6.29 Å². The van der Waals surface area contributed by atoms with Crippen molar-refractivity contribution in [1.29, 1.82) is 0 Å². The van der Waals surface area contributed by atoms with Crippen LogP contribution in [0, 0.1) is 6.92 Å². The Bertz CT molecular complexity index is 1130. The van der Waals surface area contributed by atoms with Crippen LogP contribution in [0.1, 0.15) is 36.8 Å². The number of amides is 4. The number of halogens is 1. The first-order valence-corrected chi connectivity index (χ1v) is 12.0. The Morgan fingerprint density at radius 3 is 2.47 bits per heavy atom. The molecule has 0 bridgehead atoms. The Morgan fingerprint density at radius 2 is 1.86 bits per heavy atom. The van der Waals surface area contributed by atoms with Gasteiger partial charge in [0, 0.05) is 17.3 Å². The highest BCUT2D eigenvalue weighted by atomic mass is 35.5. The van der Waals surface area contributed by atoms with Crippen LogP contribution in [-0.2, 0) is 16.2 Å². The summed E-state index contributed by atoms with van der Waals surface area (Å²) in [6.45, 7) is 1.81. The van der Waals surface area contributed by atoms with Gasteiger partial charge >= 0.3 is 18.0 Å². The molecule has 0 aromatic heterocycles. The summed E-state index contributed by atoms with van der Waals surface area (Å²) in [6, 6.07) is 11.1. The van der Waals surface area contributed by atoms with Crippen molar-refractivity contribution in [2.75, 3.05) is 11.9 Å². The first kappa shape index (κ1) is 25.5. The predicted octanol–water partition coefficient (Wildman–Crippen LogP) is 3.32. The zero-order valence-electron chi connectivity index (χ0n) is 19.9. The quantitative estimate of drug-likeness (QED) is 0.261. The lowest BCUT2D eigenvalue weighted by atomic mass is 9.96. The molecule has 4 amide bonds.